The van der Waals surface area contributed by atoms with E-state index in [0.29, 0.717) is 5.56 Å². The molecule has 24 heavy (non-hydrogen) atoms. The molecule has 0 spiro atoms. The molecule has 124 valence electrons. The highest BCUT2D eigenvalue weighted by Gasteiger charge is 2.35. The lowest BCUT2D eigenvalue weighted by Gasteiger charge is -2.25. The molecule has 1 aromatic carbocycles. The van der Waals surface area contributed by atoms with Crippen molar-refractivity contribution < 1.29 is 23.1 Å². The fourth-order valence-electron chi connectivity index (χ4n) is 2.29. The maximum atomic E-state index is 13.2. The number of halogens is 2. The Balaban J connectivity index is 1.82. The van der Waals surface area contributed by atoms with Crippen molar-refractivity contribution in [3.8, 4) is 0 Å². The van der Waals surface area contributed by atoms with Crippen LogP contribution in [0.25, 0.3) is 0 Å². The van der Waals surface area contributed by atoms with E-state index in [-0.39, 0.29) is 17.9 Å². The number of furan rings is 1. The SMILES string of the molecule is O=C(NC[C@@](O)(c1ccsc1)c1ccco1)c1ccc(F)c(F)c1. The Morgan fingerprint density at radius 1 is 1.25 bits per heavy atom. The minimum Gasteiger partial charge on any atom is -0.466 e. The van der Waals surface area contributed by atoms with Gasteiger partial charge in [0.2, 0.25) is 0 Å². The number of carbonyl (C=O) groups is 1. The Morgan fingerprint density at radius 2 is 2.08 bits per heavy atom. The highest BCUT2D eigenvalue weighted by atomic mass is 32.1. The van der Waals surface area contributed by atoms with Crippen LogP contribution in [0.5, 0.6) is 0 Å². The Morgan fingerprint density at radius 3 is 2.71 bits per heavy atom. The van der Waals surface area contributed by atoms with Crippen molar-refractivity contribution in [3.05, 3.63) is 81.9 Å². The number of nitrogens with one attached hydrogen (secondary N) is 1. The van der Waals surface area contributed by atoms with Gasteiger partial charge in [0.05, 0.1) is 12.8 Å². The number of benzene rings is 1. The van der Waals surface area contributed by atoms with Crippen molar-refractivity contribution in [2.24, 2.45) is 0 Å². The molecule has 0 aliphatic heterocycles. The van der Waals surface area contributed by atoms with Gasteiger partial charge in [0, 0.05) is 11.1 Å². The topological polar surface area (TPSA) is 62.5 Å². The number of carbonyl (C=O) groups excluding carboxylic acids is 1. The molecule has 2 heterocycles. The second-order valence-corrected chi connectivity index (χ2v) is 5.94. The first-order valence-electron chi connectivity index (χ1n) is 7.03. The van der Waals surface area contributed by atoms with Gasteiger partial charge in [-0.2, -0.15) is 11.3 Å². The van der Waals surface area contributed by atoms with Crippen molar-refractivity contribution in [3.63, 3.8) is 0 Å². The predicted molar refractivity (Wildman–Crippen MR) is 84.7 cm³/mol. The van der Waals surface area contributed by atoms with Gasteiger partial charge in [-0.25, -0.2) is 8.78 Å². The second-order valence-electron chi connectivity index (χ2n) is 5.16. The number of hydrogen-bond acceptors (Lipinski definition) is 4. The summed E-state index contributed by atoms with van der Waals surface area (Å²) in [6.07, 6.45) is 1.42. The summed E-state index contributed by atoms with van der Waals surface area (Å²) in [6, 6.07) is 7.80. The van der Waals surface area contributed by atoms with Gasteiger partial charge in [-0.1, -0.05) is 0 Å². The lowest BCUT2D eigenvalue weighted by Crippen LogP contribution is -2.41. The number of rotatable bonds is 5. The first-order chi connectivity index (χ1) is 11.5. The molecule has 0 aliphatic rings. The zero-order valence-electron chi connectivity index (χ0n) is 12.3. The molecule has 3 rings (SSSR count). The molecule has 0 fully saturated rings. The summed E-state index contributed by atoms with van der Waals surface area (Å²) in [5.74, 6) is -2.50. The quantitative estimate of drug-likeness (QED) is 0.743. The smallest absolute Gasteiger partial charge is 0.251 e. The number of amides is 1. The summed E-state index contributed by atoms with van der Waals surface area (Å²) in [7, 11) is 0. The van der Waals surface area contributed by atoms with E-state index in [4.69, 9.17) is 4.42 Å². The Bertz CT molecular complexity index is 797. The van der Waals surface area contributed by atoms with E-state index >= 15 is 0 Å². The lowest BCUT2D eigenvalue weighted by molar-refractivity contribution is 0.0528. The van der Waals surface area contributed by atoms with E-state index in [1.807, 2.05) is 0 Å². The molecule has 4 nitrogen and oxygen atoms in total. The normalized spacial score (nSPS) is 13.5. The van der Waals surface area contributed by atoms with Crippen LogP contribution in [0.15, 0.2) is 57.8 Å². The Labute approximate surface area is 140 Å². The summed E-state index contributed by atoms with van der Waals surface area (Å²) < 4.78 is 31.5. The van der Waals surface area contributed by atoms with Gasteiger partial charge < -0.3 is 14.8 Å². The minimum atomic E-state index is -1.56. The number of thiophene rings is 1. The molecule has 0 bridgehead atoms. The molecule has 1 atom stereocenters. The molecular weight excluding hydrogens is 336 g/mol. The average Bonchev–Trinajstić information content (AvgIpc) is 3.28. The predicted octanol–water partition coefficient (Wildman–Crippen LogP) is 3.29. The van der Waals surface area contributed by atoms with Crippen molar-refractivity contribution in [1.82, 2.24) is 5.32 Å². The fraction of sp³-hybridized carbons (Fsp3) is 0.118. The van der Waals surface area contributed by atoms with Gasteiger partial charge in [-0.15, -0.1) is 0 Å². The maximum Gasteiger partial charge on any atom is 0.251 e. The first kappa shape index (κ1) is 16.4. The molecule has 0 unspecified atom stereocenters. The monoisotopic (exact) mass is 349 g/mol. The molecule has 2 aromatic heterocycles. The van der Waals surface area contributed by atoms with Gasteiger partial charge >= 0.3 is 0 Å². The van der Waals surface area contributed by atoms with Crippen molar-refractivity contribution in [2.75, 3.05) is 6.54 Å². The molecule has 7 heteroatoms. The highest BCUT2D eigenvalue weighted by Crippen LogP contribution is 2.31. The van der Waals surface area contributed by atoms with Gasteiger partial charge in [-0.05, 0) is 47.2 Å². The standard InChI is InChI=1S/C17H13F2NO3S/c18-13-4-3-11(8-14(13)19)16(21)20-10-17(22,12-5-7-24-9-12)15-2-1-6-23-15/h1-9,22H,10H2,(H,20,21)/t17-/m1/s1. The van der Waals surface area contributed by atoms with E-state index in [1.54, 1.807) is 29.0 Å². The summed E-state index contributed by atoms with van der Waals surface area (Å²) in [4.78, 5) is 12.2. The molecule has 0 saturated heterocycles. The maximum absolute atomic E-state index is 13.2. The van der Waals surface area contributed by atoms with E-state index in [1.165, 1.54) is 23.7 Å². The van der Waals surface area contributed by atoms with Crippen LogP contribution in [0.2, 0.25) is 0 Å². The summed E-state index contributed by atoms with van der Waals surface area (Å²) >= 11 is 1.39. The highest BCUT2D eigenvalue weighted by molar-refractivity contribution is 7.08. The van der Waals surface area contributed by atoms with Crippen LogP contribution in [0.4, 0.5) is 8.78 Å². The minimum absolute atomic E-state index is 0.0407. The Hall–Kier alpha value is -2.51. The Kier molecular flexibility index (Phi) is 4.46. The van der Waals surface area contributed by atoms with Crippen LogP contribution in [-0.2, 0) is 5.60 Å². The first-order valence-corrected chi connectivity index (χ1v) is 7.97. The molecule has 0 aliphatic carbocycles. The van der Waals surface area contributed by atoms with Crippen LogP contribution in [-0.4, -0.2) is 17.6 Å². The van der Waals surface area contributed by atoms with E-state index in [0.717, 1.165) is 12.1 Å². The third-order valence-electron chi connectivity index (χ3n) is 3.61. The molecule has 1 amide bonds. The molecule has 2 N–H and O–H groups in total. The lowest BCUT2D eigenvalue weighted by atomic mass is 9.93. The third-order valence-corrected chi connectivity index (χ3v) is 4.30. The van der Waals surface area contributed by atoms with E-state index in [9.17, 15) is 18.7 Å². The van der Waals surface area contributed by atoms with E-state index < -0.39 is 23.1 Å². The van der Waals surface area contributed by atoms with Crippen molar-refractivity contribution >= 4 is 17.2 Å². The van der Waals surface area contributed by atoms with Gasteiger partial charge in [0.1, 0.15) is 5.76 Å². The average molecular weight is 349 g/mol. The largest absolute Gasteiger partial charge is 0.466 e. The number of hydrogen-bond donors (Lipinski definition) is 2. The van der Waals surface area contributed by atoms with Crippen molar-refractivity contribution in [2.45, 2.75) is 5.60 Å². The molecule has 3 aromatic rings. The van der Waals surface area contributed by atoms with Gasteiger partial charge in [-0.3, -0.25) is 4.79 Å². The van der Waals surface area contributed by atoms with Gasteiger partial charge in [0.15, 0.2) is 17.2 Å². The van der Waals surface area contributed by atoms with Crippen LogP contribution in [0.3, 0.4) is 0 Å². The summed E-state index contributed by atoms with van der Waals surface area (Å²) in [5.41, 5.74) is -1.04. The third kappa shape index (κ3) is 3.08. The zero-order valence-corrected chi connectivity index (χ0v) is 13.1. The van der Waals surface area contributed by atoms with Crippen LogP contribution >= 0.6 is 11.3 Å². The van der Waals surface area contributed by atoms with Crippen LogP contribution in [0.1, 0.15) is 21.7 Å². The zero-order chi connectivity index (χ0) is 17.2. The fourth-order valence-corrected chi connectivity index (χ4v) is 3.02. The van der Waals surface area contributed by atoms with Gasteiger partial charge in [0.25, 0.3) is 5.91 Å². The van der Waals surface area contributed by atoms with Crippen molar-refractivity contribution in [1.29, 1.82) is 0 Å². The second kappa shape index (κ2) is 6.54. The summed E-state index contributed by atoms with van der Waals surface area (Å²) in [5, 5.41) is 17.1. The van der Waals surface area contributed by atoms with Crippen LogP contribution < -0.4 is 5.32 Å². The number of aliphatic hydroxyl groups is 1. The summed E-state index contributed by atoms with van der Waals surface area (Å²) in [6.45, 7) is -0.185. The van der Waals surface area contributed by atoms with E-state index in [2.05, 4.69) is 5.32 Å². The molecule has 0 radical (unpaired) electrons. The van der Waals surface area contributed by atoms with Crippen LogP contribution in [0, 0.1) is 11.6 Å². The molecule has 0 saturated carbocycles. The molecular formula is C17H13F2NO3S.